The molecule has 0 atom stereocenters. The number of hydrogen-bond donors (Lipinski definition) is 1. The highest BCUT2D eigenvalue weighted by Gasteiger charge is 2.20. The molecule has 0 saturated carbocycles. The smallest absolute Gasteiger partial charge is 0.214 e. The van der Waals surface area contributed by atoms with E-state index in [-0.39, 0.29) is 5.75 Å². The van der Waals surface area contributed by atoms with E-state index in [1.165, 1.54) is 0 Å². The summed E-state index contributed by atoms with van der Waals surface area (Å²) in [5, 5.41) is 3.15. The maximum Gasteiger partial charge on any atom is 0.214 e. The van der Waals surface area contributed by atoms with Gasteiger partial charge in [0.05, 0.1) is 5.75 Å². The molecule has 0 aliphatic carbocycles. The summed E-state index contributed by atoms with van der Waals surface area (Å²) in [6, 6.07) is 0. The minimum Gasteiger partial charge on any atom is -0.317 e. The zero-order valence-corrected chi connectivity index (χ0v) is 13.1. The van der Waals surface area contributed by atoms with Gasteiger partial charge in [-0.15, -0.1) is 0 Å². The van der Waals surface area contributed by atoms with Gasteiger partial charge < -0.3 is 10.2 Å². The van der Waals surface area contributed by atoms with Crippen LogP contribution in [-0.4, -0.2) is 70.2 Å². The van der Waals surface area contributed by atoms with E-state index in [4.69, 9.17) is 0 Å². The van der Waals surface area contributed by atoms with Crippen LogP contribution in [0.1, 0.15) is 26.7 Å². The average Bonchev–Trinajstić information content (AvgIpc) is 2.29. The van der Waals surface area contributed by atoms with Crippen LogP contribution in [0.4, 0.5) is 0 Å². The quantitative estimate of drug-likeness (QED) is 0.563. The van der Waals surface area contributed by atoms with Crippen LogP contribution in [0.3, 0.4) is 0 Å². The number of hydrogen-bond acceptors (Lipinski definition) is 4. The highest BCUT2D eigenvalue weighted by molar-refractivity contribution is 7.89. The Kier molecular flexibility index (Phi) is 9.63. The summed E-state index contributed by atoms with van der Waals surface area (Å²) < 4.78 is 26.0. The van der Waals surface area contributed by atoms with Crippen LogP contribution in [-0.2, 0) is 10.0 Å². The van der Waals surface area contributed by atoms with Crippen LogP contribution in [0.25, 0.3) is 0 Å². The lowest BCUT2D eigenvalue weighted by Crippen LogP contribution is -2.39. The second-order valence-electron chi connectivity index (χ2n) is 4.73. The van der Waals surface area contributed by atoms with Crippen molar-refractivity contribution in [1.29, 1.82) is 0 Å². The molecule has 110 valence electrons. The van der Waals surface area contributed by atoms with Crippen LogP contribution >= 0.6 is 0 Å². The van der Waals surface area contributed by atoms with E-state index >= 15 is 0 Å². The molecule has 18 heavy (non-hydrogen) atoms. The predicted molar refractivity (Wildman–Crippen MR) is 77.4 cm³/mol. The first-order valence-electron chi connectivity index (χ1n) is 6.77. The summed E-state index contributed by atoms with van der Waals surface area (Å²) in [6.07, 6.45) is 1.54. The Morgan fingerprint density at radius 1 is 1.06 bits per heavy atom. The van der Waals surface area contributed by atoms with Crippen molar-refractivity contribution < 1.29 is 8.42 Å². The fourth-order valence-corrected chi connectivity index (χ4v) is 3.22. The molecule has 1 N–H and O–H groups in total. The van der Waals surface area contributed by atoms with Crippen LogP contribution in [0.15, 0.2) is 0 Å². The molecule has 0 unspecified atom stereocenters. The minimum atomic E-state index is -3.09. The highest BCUT2D eigenvalue weighted by Crippen LogP contribution is 2.04. The van der Waals surface area contributed by atoms with E-state index in [9.17, 15) is 8.42 Å². The van der Waals surface area contributed by atoms with E-state index in [1.807, 2.05) is 32.8 Å². The van der Waals surface area contributed by atoms with Gasteiger partial charge in [-0.2, -0.15) is 0 Å². The summed E-state index contributed by atoms with van der Waals surface area (Å²) in [6.45, 7) is 7.67. The lowest BCUT2D eigenvalue weighted by Gasteiger charge is -2.23. The molecular weight excluding hydrogens is 250 g/mol. The Morgan fingerprint density at radius 3 is 2.22 bits per heavy atom. The monoisotopic (exact) mass is 279 g/mol. The molecule has 0 aliphatic rings. The standard InChI is InChI=1S/C12H29N3O2S/c1-5-9-15(11-10-14(3)4)18(16,17)12-7-8-13-6-2/h13H,5-12H2,1-4H3. The molecule has 0 aliphatic heterocycles. The molecule has 0 amide bonds. The van der Waals surface area contributed by atoms with Gasteiger partial charge in [0.25, 0.3) is 0 Å². The Morgan fingerprint density at radius 2 is 1.72 bits per heavy atom. The van der Waals surface area contributed by atoms with Crippen molar-refractivity contribution in [2.24, 2.45) is 0 Å². The van der Waals surface area contributed by atoms with Crippen molar-refractivity contribution in [1.82, 2.24) is 14.5 Å². The third-order valence-corrected chi connectivity index (χ3v) is 4.63. The second-order valence-corrected chi connectivity index (χ2v) is 6.81. The second kappa shape index (κ2) is 9.72. The van der Waals surface area contributed by atoms with Gasteiger partial charge in [0.1, 0.15) is 0 Å². The fourth-order valence-electron chi connectivity index (χ4n) is 1.64. The van der Waals surface area contributed by atoms with Gasteiger partial charge in [-0.25, -0.2) is 12.7 Å². The molecule has 0 aromatic carbocycles. The first kappa shape index (κ1) is 17.8. The zero-order chi connectivity index (χ0) is 14.0. The van der Waals surface area contributed by atoms with Crippen molar-refractivity contribution in [3.05, 3.63) is 0 Å². The maximum atomic E-state index is 12.2. The predicted octanol–water partition coefficient (Wildman–Crippen LogP) is 0.589. The molecule has 5 nitrogen and oxygen atoms in total. The Labute approximate surface area is 113 Å². The molecule has 0 fully saturated rings. The molecular formula is C12H29N3O2S. The summed E-state index contributed by atoms with van der Waals surface area (Å²) >= 11 is 0. The molecule has 0 aromatic heterocycles. The number of rotatable bonds is 11. The number of sulfonamides is 1. The van der Waals surface area contributed by atoms with Crippen LogP contribution in [0.2, 0.25) is 0 Å². The van der Waals surface area contributed by atoms with Crippen molar-refractivity contribution in [3.8, 4) is 0 Å². The fraction of sp³-hybridized carbons (Fsp3) is 1.00. The molecule has 0 radical (unpaired) electrons. The Bertz CT molecular complexity index is 292. The normalized spacial score (nSPS) is 12.6. The highest BCUT2D eigenvalue weighted by atomic mass is 32.2. The summed E-state index contributed by atoms with van der Waals surface area (Å²) in [5.41, 5.74) is 0. The van der Waals surface area contributed by atoms with E-state index in [2.05, 4.69) is 5.32 Å². The largest absolute Gasteiger partial charge is 0.317 e. The molecule has 0 bridgehead atoms. The summed E-state index contributed by atoms with van der Waals surface area (Å²) in [7, 11) is 0.826. The van der Waals surface area contributed by atoms with Gasteiger partial charge in [0, 0.05) is 19.6 Å². The SMILES string of the molecule is CCCN(CCN(C)C)S(=O)(=O)CCCNCC. The van der Waals surface area contributed by atoms with Gasteiger partial charge in [0.15, 0.2) is 0 Å². The van der Waals surface area contributed by atoms with Gasteiger partial charge >= 0.3 is 0 Å². The lowest BCUT2D eigenvalue weighted by atomic mass is 10.4. The Balaban J connectivity index is 4.27. The van der Waals surface area contributed by atoms with Crippen LogP contribution in [0, 0.1) is 0 Å². The molecule has 0 aromatic rings. The first-order valence-corrected chi connectivity index (χ1v) is 8.38. The maximum absolute atomic E-state index is 12.2. The number of nitrogens with zero attached hydrogens (tertiary/aromatic N) is 2. The molecule has 0 rings (SSSR count). The molecule has 0 heterocycles. The van der Waals surface area contributed by atoms with Crippen molar-refractivity contribution in [2.45, 2.75) is 26.7 Å². The number of likely N-dealkylation sites (N-methyl/N-ethyl adjacent to an activating group) is 1. The summed E-state index contributed by atoms with van der Waals surface area (Å²) in [4.78, 5) is 2.01. The number of nitrogens with one attached hydrogen (secondary N) is 1. The zero-order valence-electron chi connectivity index (χ0n) is 12.3. The van der Waals surface area contributed by atoms with Gasteiger partial charge in [0.2, 0.25) is 10.0 Å². The minimum absolute atomic E-state index is 0.243. The lowest BCUT2D eigenvalue weighted by molar-refractivity contribution is 0.332. The van der Waals surface area contributed by atoms with E-state index in [0.29, 0.717) is 19.5 Å². The van der Waals surface area contributed by atoms with Crippen LogP contribution in [0.5, 0.6) is 0 Å². The van der Waals surface area contributed by atoms with Crippen LogP contribution < -0.4 is 5.32 Å². The van der Waals surface area contributed by atoms with Crippen molar-refractivity contribution in [3.63, 3.8) is 0 Å². The van der Waals surface area contributed by atoms with Crippen molar-refractivity contribution >= 4 is 10.0 Å². The topological polar surface area (TPSA) is 52.7 Å². The summed E-state index contributed by atoms with van der Waals surface area (Å²) in [5.74, 6) is 0.243. The molecule has 6 heteroatoms. The van der Waals surface area contributed by atoms with E-state index in [1.54, 1.807) is 4.31 Å². The third kappa shape index (κ3) is 8.02. The van der Waals surface area contributed by atoms with E-state index < -0.39 is 10.0 Å². The average molecular weight is 279 g/mol. The molecule has 0 spiro atoms. The third-order valence-electron chi connectivity index (χ3n) is 2.67. The molecule has 0 saturated heterocycles. The van der Waals surface area contributed by atoms with E-state index in [0.717, 1.165) is 26.1 Å². The Hall–Kier alpha value is -0.170. The van der Waals surface area contributed by atoms with Gasteiger partial charge in [-0.05, 0) is 40.0 Å². The van der Waals surface area contributed by atoms with Crippen molar-refractivity contribution in [2.75, 3.05) is 52.6 Å². The first-order chi connectivity index (χ1) is 8.44. The van der Waals surface area contributed by atoms with Gasteiger partial charge in [-0.3, -0.25) is 0 Å². The van der Waals surface area contributed by atoms with Gasteiger partial charge in [-0.1, -0.05) is 13.8 Å².